The van der Waals surface area contributed by atoms with Crippen molar-refractivity contribution < 1.29 is 4.79 Å². The van der Waals surface area contributed by atoms with Crippen LogP contribution in [0, 0.1) is 5.92 Å². The van der Waals surface area contributed by atoms with E-state index >= 15 is 0 Å². The largest absolute Gasteiger partial charge is 0.384 e. The molecule has 0 unspecified atom stereocenters. The number of hydrogen-bond donors (Lipinski definition) is 1. The summed E-state index contributed by atoms with van der Waals surface area (Å²) in [7, 11) is 1.81. The number of amides is 1. The quantitative estimate of drug-likeness (QED) is 0.852. The third kappa shape index (κ3) is 2.75. The normalized spacial score (nSPS) is 16.8. The average Bonchev–Trinajstić information content (AvgIpc) is 2.39. The monoisotopic (exact) mass is 233 g/mol. The summed E-state index contributed by atoms with van der Waals surface area (Å²) in [5.41, 5.74) is 6.35. The molecule has 4 heteroatoms. The molecule has 1 aromatic rings. The number of nitrogen functional groups attached to an aromatic ring is 1. The van der Waals surface area contributed by atoms with E-state index in [1.165, 1.54) is 19.3 Å². The molecule has 1 aliphatic carbocycles. The van der Waals surface area contributed by atoms with Gasteiger partial charge < -0.3 is 10.6 Å². The molecule has 0 aromatic carbocycles. The fourth-order valence-corrected chi connectivity index (χ4v) is 2.35. The van der Waals surface area contributed by atoms with Crippen LogP contribution in [0.2, 0.25) is 0 Å². The molecule has 1 aliphatic rings. The van der Waals surface area contributed by atoms with Crippen LogP contribution in [0.1, 0.15) is 32.1 Å². The zero-order valence-electron chi connectivity index (χ0n) is 10.2. The molecular weight excluding hydrogens is 214 g/mol. The molecule has 0 radical (unpaired) electrons. The fourth-order valence-electron chi connectivity index (χ4n) is 2.35. The van der Waals surface area contributed by atoms with Crippen molar-refractivity contribution in [3.63, 3.8) is 0 Å². The van der Waals surface area contributed by atoms with Gasteiger partial charge in [0.1, 0.15) is 5.82 Å². The summed E-state index contributed by atoms with van der Waals surface area (Å²) >= 11 is 0. The number of hydrogen-bond acceptors (Lipinski definition) is 3. The molecule has 4 nitrogen and oxygen atoms in total. The van der Waals surface area contributed by atoms with Crippen LogP contribution in [-0.4, -0.2) is 17.9 Å². The van der Waals surface area contributed by atoms with E-state index in [1.54, 1.807) is 17.2 Å². The highest BCUT2D eigenvalue weighted by Gasteiger charge is 2.24. The Morgan fingerprint density at radius 3 is 2.65 bits per heavy atom. The predicted octanol–water partition coefficient (Wildman–Crippen LogP) is 2.21. The molecule has 0 aliphatic heterocycles. The van der Waals surface area contributed by atoms with Crippen LogP contribution >= 0.6 is 0 Å². The Kier molecular flexibility index (Phi) is 3.61. The Balaban J connectivity index is 2.05. The van der Waals surface area contributed by atoms with Crippen LogP contribution in [0.3, 0.4) is 0 Å². The molecule has 0 atom stereocenters. The Morgan fingerprint density at radius 1 is 1.35 bits per heavy atom. The maximum atomic E-state index is 12.3. The van der Waals surface area contributed by atoms with Gasteiger partial charge in [0.15, 0.2) is 0 Å². The lowest BCUT2D eigenvalue weighted by Gasteiger charge is -2.26. The molecule has 2 rings (SSSR count). The first-order valence-electron chi connectivity index (χ1n) is 6.17. The zero-order chi connectivity index (χ0) is 12.3. The van der Waals surface area contributed by atoms with Crippen LogP contribution in [0.5, 0.6) is 0 Å². The minimum absolute atomic E-state index is 0.186. The van der Waals surface area contributed by atoms with Gasteiger partial charge in [-0.15, -0.1) is 0 Å². The second-order valence-electron chi connectivity index (χ2n) is 4.67. The van der Waals surface area contributed by atoms with Gasteiger partial charge in [-0.2, -0.15) is 0 Å². The third-order valence-electron chi connectivity index (χ3n) is 3.44. The number of carbonyl (C=O) groups excluding carboxylic acids is 1. The van der Waals surface area contributed by atoms with Gasteiger partial charge in [0.2, 0.25) is 5.91 Å². The van der Waals surface area contributed by atoms with Crippen molar-refractivity contribution in [3.05, 3.63) is 18.3 Å². The maximum absolute atomic E-state index is 12.3. The first kappa shape index (κ1) is 11.9. The molecule has 0 saturated heterocycles. The van der Waals surface area contributed by atoms with Crippen LogP contribution in [0.4, 0.5) is 11.5 Å². The number of nitrogens with two attached hydrogens (primary N) is 1. The fraction of sp³-hybridized carbons (Fsp3) is 0.538. The van der Waals surface area contributed by atoms with Gasteiger partial charge in [-0.05, 0) is 25.0 Å². The highest BCUT2D eigenvalue weighted by Crippen LogP contribution is 2.26. The van der Waals surface area contributed by atoms with E-state index < -0.39 is 0 Å². The Hall–Kier alpha value is -1.58. The van der Waals surface area contributed by atoms with E-state index in [9.17, 15) is 4.79 Å². The van der Waals surface area contributed by atoms with E-state index in [2.05, 4.69) is 4.98 Å². The van der Waals surface area contributed by atoms with Crippen molar-refractivity contribution in [3.8, 4) is 0 Å². The Bertz CT molecular complexity index is 382. The maximum Gasteiger partial charge on any atom is 0.229 e. The third-order valence-corrected chi connectivity index (χ3v) is 3.44. The van der Waals surface area contributed by atoms with Gasteiger partial charge in [0.05, 0.1) is 11.9 Å². The zero-order valence-corrected chi connectivity index (χ0v) is 10.2. The summed E-state index contributed by atoms with van der Waals surface area (Å²) in [6, 6.07) is 3.56. The van der Waals surface area contributed by atoms with Crippen molar-refractivity contribution in [1.29, 1.82) is 0 Å². The number of nitrogens with zero attached hydrogens (tertiary/aromatic N) is 2. The molecule has 1 aromatic heterocycles. The first-order chi connectivity index (χ1) is 8.18. The van der Waals surface area contributed by atoms with E-state index in [0.717, 1.165) is 18.5 Å². The molecular formula is C13H19N3O. The van der Waals surface area contributed by atoms with Gasteiger partial charge in [-0.1, -0.05) is 19.3 Å². The molecule has 92 valence electrons. The highest BCUT2D eigenvalue weighted by molar-refractivity contribution is 5.94. The molecule has 1 amide bonds. The minimum atomic E-state index is 0.186. The van der Waals surface area contributed by atoms with E-state index in [0.29, 0.717) is 5.82 Å². The van der Waals surface area contributed by atoms with E-state index in [4.69, 9.17) is 5.73 Å². The van der Waals surface area contributed by atoms with Crippen LogP contribution < -0.4 is 10.6 Å². The summed E-state index contributed by atoms with van der Waals surface area (Å²) < 4.78 is 0. The summed E-state index contributed by atoms with van der Waals surface area (Å²) in [5, 5.41) is 0. The summed E-state index contributed by atoms with van der Waals surface area (Å²) in [5.74, 6) is 0.870. The van der Waals surface area contributed by atoms with Gasteiger partial charge >= 0.3 is 0 Å². The molecule has 17 heavy (non-hydrogen) atoms. The molecule has 1 heterocycles. The minimum Gasteiger partial charge on any atom is -0.384 e. The van der Waals surface area contributed by atoms with Crippen molar-refractivity contribution in [2.45, 2.75) is 32.1 Å². The lowest BCUT2D eigenvalue weighted by atomic mass is 9.88. The van der Waals surface area contributed by atoms with E-state index in [-0.39, 0.29) is 11.8 Å². The van der Waals surface area contributed by atoms with Gasteiger partial charge in [0, 0.05) is 13.0 Å². The van der Waals surface area contributed by atoms with E-state index in [1.807, 2.05) is 13.1 Å². The standard InChI is InChI=1S/C13H19N3O/c1-16(11-7-8-12(14)15-9-11)13(17)10-5-3-2-4-6-10/h7-10H,2-6H2,1H3,(H2,14,15). The average molecular weight is 233 g/mol. The summed E-state index contributed by atoms with van der Waals surface area (Å²) in [4.78, 5) is 18.0. The van der Waals surface area contributed by atoms with Crippen molar-refractivity contribution >= 4 is 17.4 Å². The molecule has 2 N–H and O–H groups in total. The second-order valence-corrected chi connectivity index (χ2v) is 4.67. The van der Waals surface area contributed by atoms with Gasteiger partial charge in [-0.3, -0.25) is 4.79 Å². The SMILES string of the molecule is CN(C(=O)C1CCCCC1)c1ccc(N)nc1. The summed E-state index contributed by atoms with van der Waals surface area (Å²) in [6.07, 6.45) is 7.29. The van der Waals surface area contributed by atoms with Crippen molar-refractivity contribution in [1.82, 2.24) is 4.98 Å². The van der Waals surface area contributed by atoms with Gasteiger partial charge in [0.25, 0.3) is 0 Å². The Morgan fingerprint density at radius 2 is 2.06 bits per heavy atom. The molecule has 1 fully saturated rings. The molecule has 0 bridgehead atoms. The predicted molar refractivity (Wildman–Crippen MR) is 68.6 cm³/mol. The second kappa shape index (κ2) is 5.17. The smallest absolute Gasteiger partial charge is 0.229 e. The number of aromatic nitrogens is 1. The molecule has 1 saturated carbocycles. The highest BCUT2D eigenvalue weighted by atomic mass is 16.2. The van der Waals surface area contributed by atoms with Crippen molar-refractivity contribution in [2.75, 3.05) is 17.7 Å². The lowest BCUT2D eigenvalue weighted by molar-refractivity contribution is -0.123. The lowest BCUT2D eigenvalue weighted by Crippen LogP contribution is -2.34. The van der Waals surface area contributed by atoms with Crippen LogP contribution in [0.25, 0.3) is 0 Å². The van der Waals surface area contributed by atoms with Gasteiger partial charge in [-0.25, -0.2) is 4.98 Å². The topological polar surface area (TPSA) is 59.2 Å². The molecule has 0 spiro atoms. The number of anilines is 2. The number of carbonyl (C=O) groups is 1. The Labute approximate surface area is 102 Å². The van der Waals surface area contributed by atoms with Crippen LogP contribution in [0.15, 0.2) is 18.3 Å². The van der Waals surface area contributed by atoms with Crippen LogP contribution in [-0.2, 0) is 4.79 Å². The number of pyridine rings is 1. The van der Waals surface area contributed by atoms with Crippen molar-refractivity contribution in [2.24, 2.45) is 5.92 Å². The summed E-state index contributed by atoms with van der Waals surface area (Å²) in [6.45, 7) is 0. The first-order valence-corrected chi connectivity index (χ1v) is 6.17. The number of rotatable bonds is 2.